The van der Waals surface area contributed by atoms with E-state index in [9.17, 15) is 9.59 Å². The Kier molecular flexibility index (Phi) is 8.30. The third-order valence-electron chi connectivity index (χ3n) is 9.04. The van der Waals surface area contributed by atoms with E-state index in [0.717, 1.165) is 28.7 Å². The van der Waals surface area contributed by atoms with Crippen molar-refractivity contribution in [1.82, 2.24) is 10.2 Å². The summed E-state index contributed by atoms with van der Waals surface area (Å²) in [6, 6.07) is 36.6. The zero-order valence-corrected chi connectivity index (χ0v) is 25.6. The van der Waals surface area contributed by atoms with E-state index in [1.165, 1.54) is 0 Å². The summed E-state index contributed by atoms with van der Waals surface area (Å²) in [6.45, 7) is 0.835. The van der Waals surface area contributed by atoms with Crippen LogP contribution in [0.1, 0.15) is 35.1 Å². The quantitative estimate of drug-likeness (QED) is 0.147. The Morgan fingerprint density at radius 1 is 0.870 bits per heavy atom. The molecule has 8 nitrogen and oxygen atoms in total. The van der Waals surface area contributed by atoms with E-state index >= 15 is 0 Å². The van der Waals surface area contributed by atoms with Crippen molar-refractivity contribution >= 4 is 11.9 Å². The molecule has 1 unspecified atom stereocenters. The Morgan fingerprint density at radius 3 is 1.98 bits per heavy atom. The number of benzene rings is 4. The molecule has 4 aromatic carbocycles. The number of rotatable bonds is 10. The SMILES string of the molecule is COc1ccc(COC(=O)C2=C(C3CCCO3)OC[C@@H]3[C@H](NC(c4ccccc4)(c4ccccc4)c4ccccc4)C(=O)N23)cc1. The van der Waals surface area contributed by atoms with Gasteiger partial charge in [-0.3, -0.25) is 15.0 Å². The number of β-lactam (4-membered cyclic amide) rings is 1. The number of carbonyl (C=O) groups is 2. The molecule has 0 saturated carbocycles. The van der Waals surface area contributed by atoms with Gasteiger partial charge in [0, 0.05) is 6.61 Å². The van der Waals surface area contributed by atoms with Gasteiger partial charge < -0.3 is 18.9 Å². The Hall–Kier alpha value is -4.92. The highest BCUT2D eigenvalue weighted by Crippen LogP contribution is 2.42. The molecule has 7 rings (SSSR count). The molecule has 3 atom stereocenters. The van der Waals surface area contributed by atoms with E-state index in [-0.39, 0.29) is 24.8 Å². The minimum Gasteiger partial charge on any atom is -0.497 e. The lowest BCUT2D eigenvalue weighted by Gasteiger charge is -2.53. The standard InChI is InChI=1S/C38H36N2O6/c1-43-30-21-19-26(20-22-30)24-46-37(42)34-35(32-18-11-23-44-32)45-25-31-33(36(41)40(31)34)39-38(27-12-5-2-6-13-27,28-14-7-3-8-15-28)29-16-9-4-10-17-29/h2-10,12-17,19-22,31-33,39H,11,18,23-25H2,1H3/t31-,32?,33+/m1/s1. The fraction of sp³-hybridized carbons (Fsp3) is 0.263. The largest absolute Gasteiger partial charge is 0.497 e. The third-order valence-corrected chi connectivity index (χ3v) is 9.04. The molecule has 46 heavy (non-hydrogen) atoms. The predicted molar refractivity (Wildman–Crippen MR) is 172 cm³/mol. The van der Waals surface area contributed by atoms with Crippen molar-refractivity contribution in [1.29, 1.82) is 0 Å². The summed E-state index contributed by atoms with van der Waals surface area (Å²) < 4.78 is 23.3. The molecule has 2 fully saturated rings. The fourth-order valence-corrected chi connectivity index (χ4v) is 6.73. The van der Waals surface area contributed by atoms with Gasteiger partial charge in [0.15, 0.2) is 11.5 Å². The van der Waals surface area contributed by atoms with E-state index in [1.807, 2.05) is 78.9 Å². The van der Waals surface area contributed by atoms with Gasteiger partial charge in [-0.15, -0.1) is 0 Å². The van der Waals surface area contributed by atoms with Gasteiger partial charge in [-0.2, -0.15) is 0 Å². The Labute approximate surface area is 268 Å². The average Bonchev–Trinajstić information content (AvgIpc) is 3.67. The monoisotopic (exact) mass is 616 g/mol. The van der Waals surface area contributed by atoms with Crippen LogP contribution in [0.25, 0.3) is 0 Å². The topological polar surface area (TPSA) is 86.3 Å². The van der Waals surface area contributed by atoms with E-state index in [2.05, 4.69) is 41.7 Å². The number of carbonyl (C=O) groups excluding carboxylic acids is 2. The number of nitrogens with one attached hydrogen (secondary N) is 1. The predicted octanol–water partition coefficient (Wildman–Crippen LogP) is 5.32. The molecule has 0 aliphatic carbocycles. The summed E-state index contributed by atoms with van der Waals surface area (Å²) >= 11 is 0. The highest BCUT2D eigenvalue weighted by Gasteiger charge is 2.57. The maximum absolute atomic E-state index is 14.3. The maximum Gasteiger partial charge on any atom is 0.359 e. The van der Waals surface area contributed by atoms with Crippen molar-refractivity contribution in [2.24, 2.45) is 0 Å². The zero-order valence-electron chi connectivity index (χ0n) is 25.6. The summed E-state index contributed by atoms with van der Waals surface area (Å²) in [4.78, 5) is 29.7. The van der Waals surface area contributed by atoms with Crippen LogP contribution in [0.3, 0.4) is 0 Å². The highest BCUT2D eigenvalue weighted by atomic mass is 16.6. The van der Waals surface area contributed by atoms with Gasteiger partial charge in [-0.25, -0.2) is 4.79 Å². The first-order chi connectivity index (χ1) is 22.6. The summed E-state index contributed by atoms with van der Waals surface area (Å²) in [5.74, 6) is 0.260. The molecule has 3 heterocycles. The number of esters is 1. The molecule has 3 aliphatic rings. The smallest absolute Gasteiger partial charge is 0.359 e. The lowest BCUT2D eigenvalue weighted by atomic mass is 9.75. The fourth-order valence-electron chi connectivity index (χ4n) is 6.73. The number of nitrogens with zero attached hydrogens (tertiary/aromatic N) is 1. The van der Waals surface area contributed by atoms with E-state index in [1.54, 1.807) is 12.0 Å². The van der Waals surface area contributed by atoms with Crippen molar-refractivity contribution in [3.63, 3.8) is 0 Å². The van der Waals surface area contributed by atoms with Gasteiger partial charge >= 0.3 is 5.97 Å². The maximum atomic E-state index is 14.3. The van der Waals surface area contributed by atoms with Crippen molar-refractivity contribution in [3.05, 3.63) is 149 Å². The Bertz CT molecular complexity index is 1610. The molecule has 234 valence electrons. The first kappa shape index (κ1) is 29.8. The van der Waals surface area contributed by atoms with Gasteiger partial charge in [0.05, 0.1) is 18.7 Å². The number of hydrogen-bond acceptors (Lipinski definition) is 7. The molecule has 2 saturated heterocycles. The van der Waals surface area contributed by atoms with Gasteiger partial charge in [-0.05, 0) is 47.2 Å². The molecule has 1 amide bonds. The van der Waals surface area contributed by atoms with Crippen molar-refractivity contribution < 1.29 is 28.5 Å². The van der Waals surface area contributed by atoms with Crippen LogP contribution in [0.5, 0.6) is 5.75 Å². The van der Waals surface area contributed by atoms with Crippen molar-refractivity contribution in [2.45, 2.75) is 43.2 Å². The Balaban J connectivity index is 1.23. The highest BCUT2D eigenvalue weighted by molar-refractivity contribution is 6.00. The lowest BCUT2D eigenvalue weighted by molar-refractivity contribution is -0.163. The van der Waals surface area contributed by atoms with Crippen LogP contribution in [-0.4, -0.2) is 55.3 Å². The number of fused-ring (bicyclic) bond motifs is 1. The zero-order chi connectivity index (χ0) is 31.5. The van der Waals surface area contributed by atoms with E-state index in [0.29, 0.717) is 24.5 Å². The summed E-state index contributed by atoms with van der Waals surface area (Å²) in [5.41, 5.74) is 3.04. The minimum absolute atomic E-state index is 0.0403. The lowest BCUT2D eigenvalue weighted by Crippen LogP contribution is -2.75. The summed E-state index contributed by atoms with van der Waals surface area (Å²) in [5, 5.41) is 3.79. The van der Waals surface area contributed by atoms with Crippen LogP contribution in [0.15, 0.2) is 127 Å². The van der Waals surface area contributed by atoms with Gasteiger partial charge in [0.25, 0.3) is 0 Å². The van der Waals surface area contributed by atoms with Crippen LogP contribution >= 0.6 is 0 Å². The van der Waals surface area contributed by atoms with Gasteiger partial charge in [0.2, 0.25) is 5.91 Å². The van der Waals surface area contributed by atoms with Crippen LogP contribution in [0.4, 0.5) is 0 Å². The second kappa shape index (κ2) is 12.8. The molecular formula is C38H36N2O6. The van der Waals surface area contributed by atoms with Crippen LogP contribution < -0.4 is 10.1 Å². The van der Waals surface area contributed by atoms with Crippen molar-refractivity contribution in [3.8, 4) is 5.75 Å². The number of amides is 1. The average molecular weight is 617 g/mol. The second-order valence-electron chi connectivity index (χ2n) is 11.7. The second-order valence-corrected chi connectivity index (χ2v) is 11.7. The number of hydrogen-bond donors (Lipinski definition) is 1. The third kappa shape index (κ3) is 5.33. The first-order valence-corrected chi connectivity index (χ1v) is 15.7. The molecule has 0 bridgehead atoms. The molecule has 0 aromatic heterocycles. The van der Waals surface area contributed by atoms with E-state index < -0.39 is 29.7 Å². The molecule has 8 heteroatoms. The summed E-state index contributed by atoms with van der Waals surface area (Å²) in [6.07, 6.45) is 1.15. The van der Waals surface area contributed by atoms with Gasteiger partial charge in [-0.1, -0.05) is 103 Å². The van der Waals surface area contributed by atoms with E-state index in [4.69, 9.17) is 18.9 Å². The minimum atomic E-state index is -0.857. The van der Waals surface area contributed by atoms with Crippen LogP contribution in [0.2, 0.25) is 0 Å². The van der Waals surface area contributed by atoms with Gasteiger partial charge in [0.1, 0.15) is 31.1 Å². The van der Waals surface area contributed by atoms with Crippen molar-refractivity contribution in [2.75, 3.05) is 20.3 Å². The Morgan fingerprint density at radius 2 is 1.46 bits per heavy atom. The summed E-state index contributed by atoms with van der Waals surface area (Å²) in [7, 11) is 1.60. The molecule has 1 N–H and O–H groups in total. The number of ether oxygens (including phenoxy) is 4. The molecule has 4 aromatic rings. The molecule has 0 radical (unpaired) electrons. The first-order valence-electron chi connectivity index (χ1n) is 15.7. The number of methoxy groups -OCH3 is 1. The molecule has 3 aliphatic heterocycles. The normalized spacial score (nSPS) is 20.8. The van der Waals surface area contributed by atoms with Crippen LogP contribution in [0, 0.1) is 0 Å². The van der Waals surface area contributed by atoms with Crippen LogP contribution in [-0.2, 0) is 35.9 Å². The molecule has 0 spiro atoms. The molecular weight excluding hydrogens is 580 g/mol.